The molecule has 0 bridgehead atoms. The summed E-state index contributed by atoms with van der Waals surface area (Å²) in [4.78, 5) is 16.8. The zero-order valence-corrected chi connectivity index (χ0v) is 21.4. The third-order valence-corrected chi connectivity index (χ3v) is 6.15. The number of carbonyl (C=O) groups excluding carboxylic acids is 1. The van der Waals surface area contributed by atoms with Crippen molar-refractivity contribution in [3.8, 4) is 5.75 Å². The van der Waals surface area contributed by atoms with E-state index in [2.05, 4.69) is 15.6 Å². The number of β-amino-alcohol motifs (C(OH)–C–C–N with tert-alkyl or cyclic N) is 1. The van der Waals surface area contributed by atoms with Crippen LogP contribution in [0.3, 0.4) is 0 Å². The number of benzene rings is 2. The molecule has 2 atom stereocenters. The second kappa shape index (κ2) is 13.3. The summed E-state index contributed by atoms with van der Waals surface area (Å²) in [7, 11) is 0. The van der Waals surface area contributed by atoms with Gasteiger partial charge in [0.05, 0.1) is 31.4 Å². The highest BCUT2D eigenvalue weighted by Crippen LogP contribution is 2.20. The molecule has 0 saturated carbocycles. The van der Waals surface area contributed by atoms with E-state index in [4.69, 9.17) is 0 Å². The molecule has 0 saturated heterocycles. The summed E-state index contributed by atoms with van der Waals surface area (Å²) < 4.78 is 0. The summed E-state index contributed by atoms with van der Waals surface area (Å²) in [6, 6.07) is 20.2. The molecule has 37 heavy (non-hydrogen) atoms. The van der Waals surface area contributed by atoms with Crippen LogP contribution >= 0.6 is 0 Å². The normalized spacial score (nSPS) is 13.2. The maximum absolute atomic E-state index is 12.6. The first-order valence-corrected chi connectivity index (χ1v) is 12.4. The molecule has 1 amide bonds. The summed E-state index contributed by atoms with van der Waals surface area (Å²) in [6.07, 6.45) is 0.532. The molecule has 0 aliphatic rings. The SMILES string of the molecule is CC(C)(Cc1cccc(CC(=O)N[C@H](CO)Cc2ccccc2)c1)NCC(O)c1ccc(O)c(CO)n1. The van der Waals surface area contributed by atoms with E-state index < -0.39 is 12.7 Å². The van der Waals surface area contributed by atoms with Crippen molar-refractivity contribution in [1.29, 1.82) is 0 Å². The predicted octanol–water partition coefficient (Wildman–Crippen LogP) is 2.19. The van der Waals surface area contributed by atoms with Gasteiger partial charge in [0, 0.05) is 12.1 Å². The molecule has 8 nitrogen and oxygen atoms in total. The third-order valence-electron chi connectivity index (χ3n) is 6.15. The predicted molar refractivity (Wildman–Crippen MR) is 142 cm³/mol. The molecule has 1 unspecified atom stereocenters. The van der Waals surface area contributed by atoms with Crippen LogP contribution in [0.5, 0.6) is 5.75 Å². The van der Waals surface area contributed by atoms with Crippen molar-refractivity contribution in [3.63, 3.8) is 0 Å². The molecule has 0 spiro atoms. The van der Waals surface area contributed by atoms with E-state index in [1.807, 2.05) is 68.4 Å². The Labute approximate surface area is 218 Å². The Morgan fingerprint density at radius 3 is 2.38 bits per heavy atom. The number of amides is 1. The highest BCUT2D eigenvalue weighted by atomic mass is 16.3. The van der Waals surface area contributed by atoms with Crippen LogP contribution in [0.2, 0.25) is 0 Å². The Morgan fingerprint density at radius 1 is 0.973 bits per heavy atom. The number of aliphatic hydroxyl groups excluding tert-OH is 3. The number of nitrogens with zero attached hydrogens (tertiary/aromatic N) is 1. The highest BCUT2D eigenvalue weighted by Gasteiger charge is 2.21. The summed E-state index contributed by atoms with van der Waals surface area (Å²) >= 11 is 0. The second-order valence-corrected chi connectivity index (χ2v) is 9.95. The fourth-order valence-corrected chi connectivity index (χ4v) is 4.24. The first kappa shape index (κ1) is 28.3. The number of aliphatic hydroxyl groups is 3. The maximum atomic E-state index is 12.6. The largest absolute Gasteiger partial charge is 0.506 e. The molecule has 0 aliphatic carbocycles. The molecule has 198 valence electrons. The molecule has 2 aromatic carbocycles. The van der Waals surface area contributed by atoms with Crippen molar-refractivity contribution in [2.24, 2.45) is 0 Å². The number of aromatic nitrogens is 1. The van der Waals surface area contributed by atoms with Gasteiger partial charge in [0.15, 0.2) is 0 Å². The second-order valence-electron chi connectivity index (χ2n) is 9.95. The topological polar surface area (TPSA) is 135 Å². The number of nitrogens with one attached hydrogen (secondary N) is 2. The third kappa shape index (κ3) is 8.94. The van der Waals surface area contributed by atoms with E-state index in [0.29, 0.717) is 18.5 Å². The number of aromatic hydroxyl groups is 1. The van der Waals surface area contributed by atoms with Gasteiger partial charge in [-0.15, -0.1) is 0 Å². The molecular formula is C29H37N3O5. The minimum absolute atomic E-state index is 0.108. The number of rotatable bonds is 13. The molecule has 6 N–H and O–H groups in total. The van der Waals surface area contributed by atoms with Crippen LogP contribution in [0.25, 0.3) is 0 Å². The van der Waals surface area contributed by atoms with Crippen LogP contribution < -0.4 is 10.6 Å². The van der Waals surface area contributed by atoms with Gasteiger partial charge in [-0.3, -0.25) is 4.79 Å². The first-order chi connectivity index (χ1) is 17.7. The average molecular weight is 508 g/mol. The lowest BCUT2D eigenvalue weighted by atomic mass is 9.93. The number of hydrogen-bond acceptors (Lipinski definition) is 7. The van der Waals surface area contributed by atoms with E-state index >= 15 is 0 Å². The minimum atomic E-state index is -0.907. The van der Waals surface area contributed by atoms with Crippen molar-refractivity contribution in [1.82, 2.24) is 15.6 Å². The van der Waals surface area contributed by atoms with E-state index in [9.17, 15) is 25.2 Å². The fraction of sp³-hybridized carbons (Fsp3) is 0.379. The Kier molecular flexibility index (Phi) is 10.2. The molecular weight excluding hydrogens is 470 g/mol. The Hall–Kier alpha value is -3.30. The number of carbonyl (C=O) groups is 1. The molecule has 0 fully saturated rings. The quantitative estimate of drug-likeness (QED) is 0.209. The van der Waals surface area contributed by atoms with E-state index in [-0.39, 0.29) is 48.5 Å². The van der Waals surface area contributed by atoms with Crippen molar-refractivity contribution in [2.75, 3.05) is 13.2 Å². The van der Waals surface area contributed by atoms with Crippen LogP contribution in [-0.2, 0) is 30.7 Å². The standard InChI is InChI=1S/C29H37N3O5/c1-29(2,30-17-27(36)24-11-12-26(35)25(19-34)32-24)16-22-10-6-9-21(13-22)15-28(37)31-23(18-33)14-20-7-4-3-5-8-20/h3-13,23,27,30,33-36H,14-19H2,1-2H3,(H,31,37)/t23-,27?/m0/s1. The van der Waals surface area contributed by atoms with Gasteiger partial charge in [-0.1, -0.05) is 54.6 Å². The lowest BCUT2D eigenvalue weighted by molar-refractivity contribution is -0.121. The van der Waals surface area contributed by atoms with Crippen LogP contribution in [0, 0.1) is 0 Å². The molecule has 0 aliphatic heterocycles. The lowest BCUT2D eigenvalue weighted by Gasteiger charge is -2.28. The molecule has 0 radical (unpaired) electrons. The summed E-state index contributed by atoms with van der Waals surface area (Å²) in [5, 5.41) is 45.5. The zero-order valence-electron chi connectivity index (χ0n) is 21.4. The highest BCUT2D eigenvalue weighted by molar-refractivity contribution is 5.79. The van der Waals surface area contributed by atoms with Gasteiger partial charge in [0.2, 0.25) is 5.91 Å². The molecule has 3 rings (SSSR count). The fourth-order valence-electron chi connectivity index (χ4n) is 4.24. The number of pyridine rings is 1. The van der Waals surface area contributed by atoms with Crippen LogP contribution in [0.1, 0.15) is 48.0 Å². The van der Waals surface area contributed by atoms with Crippen LogP contribution in [-0.4, -0.2) is 56.0 Å². The first-order valence-electron chi connectivity index (χ1n) is 12.4. The van der Waals surface area contributed by atoms with Gasteiger partial charge < -0.3 is 31.1 Å². The minimum Gasteiger partial charge on any atom is -0.506 e. The van der Waals surface area contributed by atoms with E-state index in [0.717, 1.165) is 16.7 Å². The van der Waals surface area contributed by atoms with Gasteiger partial charge in [-0.2, -0.15) is 0 Å². The molecule has 1 heterocycles. The average Bonchev–Trinajstić information content (AvgIpc) is 2.87. The van der Waals surface area contributed by atoms with Gasteiger partial charge in [-0.05, 0) is 55.5 Å². The summed E-state index contributed by atoms with van der Waals surface area (Å²) in [5.41, 5.74) is 3.11. The Morgan fingerprint density at radius 2 is 1.68 bits per heavy atom. The summed E-state index contributed by atoms with van der Waals surface area (Å²) in [6.45, 7) is 3.75. The Bertz CT molecular complexity index is 1150. The van der Waals surface area contributed by atoms with Gasteiger partial charge in [0.25, 0.3) is 0 Å². The summed E-state index contributed by atoms with van der Waals surface area (Å²) in [5.74, 6) is -0.250. The molecule has 3 aromatic rings. The monoisotopic (exact) mass is 507 g/mol. The van der Waals surface area contributed by atoms with E-state index in [1.54, 1.807) is 0 Å². The molecule has 1 aromatic heterocycles. The Balaban J connectivity index is 1.54. The van der Waals surface area contributed by atoms with Gasteiger partial charge >= 0.3 is 0 Å². The van der Waals surface area contributed by atoms with E-state index in [1.165, 1.54) is 12.1 Å². The van der Waals surface area contributed by atoms with Crippen molar-refractivity contribution < 1.29 is 25.2 Å². The molecule has 8 heteroatoms. The lowest BCUT2D eigenvalue weighted by Crippen LogP contribution is -2.43. The van der Waals surface area contributed by atoms with Crippen molar-refractivity contribution in [2.45, 2.75) is 57.4 Å². The van der Waals surface area contributed by atoms with Gasteiger partial charge in [-0.25, -0.2) is 4.98 Å². The van der Waals surface area contributed by atoms with Crippen LogP contribution in [0.15, 0.2) is 66.7 Å². The smallest absolute Gasteiger partial charge is 0.224 e. The zero-order chi connectivity index (χ0) is 26.8. The van der Waals surface area contributed by atoms with Crippen molar-refractivity contribution >= 4 is 5.91 Å². The van der Waals surface area contributed by atoms with Gasteiger partial charge in [0.1, 0.15) is 17.5 Å². The van der Waals surface area contributed by atoms with Crippen molar-refractivity contribution in [3.05, 3.63) is 94.8 Å². The number of hydrogen-bond donors (Lipinski definition) is 6. The maximum Gasteiger partial charge on any atom is 0.224 e. The van der Waals surface area contributed by atoms with Crippen LogP contribution in [0.4, 0.5) is 0 Å².